The van der Waals surface area contributed by atoms with Gasteiger partial charge in [-0.05, 0) is 47.7 Å². The Morgan fingerprint density at radius 1 is 1.15 bits per heavy atom. The largest absolute Gasteiger partial charge is 0.361 e. The molecule has 7 nitrogen and oxygen atoms in total. The first-order valence-electron chi connectivity index (χ1n) is 11.2. The van der Waals surface area contributed by atoms with E-state index in [1.54, 1.807) is 11.0 Å². The van der Waals surface area contributed by atoms with Crippen molar-refractivity contribution in [3.05, 3.63) is 71.2 Å². The van der Waals surface area contributed by atoms with E-state index >= 15 is 0 Å². The van der Waals surface area contributed by atoms with Gasteiger partial charge in [-0.25, -0.2) is 9.18 Å². The molecule has 1 aromatic heterocycles. The molecule has 5 rings (SSSR count). The van der Waals surface area contributed by atoms with Gasteiger partial charge in [-0.1, -0.05) is 24.3 Å². The highest BCUT2D eigenvalue weighted by Crippen LogP contribution is 2.30. The Hall–Kier alpha value is -3.68. The molecular weight excluding hydrogens is 423 g/mol. The van der Waals surface area contributed by atoms with E-state index in [2.05, 4.69) is 10.3 Å². The number of nitrogens with zero attached hydrogens (tertiary/aromatic N) is 2. The molecule has 0 aliphatic carbocycles. The number of rotatable bonds is 7. The topological polar surface area (TPSA) is 85.5 Å². The zero-order valence-electron chi connectivity index (χ0n) is 18.1. The molecule has 0 bridgehead atoms. The number of aromatic nitrogens is 1. The summed E-state index contributed by atoms with van der Waals surface area (Å²) in [5, 5.41) is 3.68. The van der Waals surface area contributed by atoms with E-state index in [0.717, 1.165) is 27.6 Å². The lowest BCUT2D eigenvalue weighted by molar-refractivity contribution is -0.129. The van der Waals surface area contributed by atoms with Crippen LogP contribution in [0.3, 0.4) is 0 Å². The van der Waals surface area contributed by atoms with Crippen LogP contribution >= 0.6 is 0 Å². The second-order valence-corrected chi connectivity index (χ2v) is 8.60. The zero-order valence-corrected chi connectivity index (χ0v) is 18.1. The summed E-state index contributed by atoms with van der Waals surface area (Å²) in [5.74, 6) is -0.606. The second-order valence-electron chi connectivity index (χ2n) is 8.60. The molecule has 2 aliphatic heterocycles. The molecule has 3 heterocycles. The third kappa shape index (κ3) is 4.08. The summed E-state index contributed by atoms with van der Waals surface area (Å²) < 4.78 is 13.5. The van der Waals surface area contributed by atoms with Gasteiger partial charge in [0.15, 0.2) is 0 Å². The predicted octanol–water partition coefficient (Wildman–Crippen LogP) is 3.14. The number of halogens is 1. The predicted molar refractivity (Wildman–Crippen MR) is 121 cm³/mol. The van der Waals surface area contributed by atoms with E-state index in [0.29, 0.717) is 32.4 Å². The summed E-state index contributed by atoms with van der Waals surface area (Å²) in [6.07, 6.45) is 3.58. The van der Waals surface area contributed by atoms with Crippen molar-refractivity contribution in [3.8, 4) is 0 Å². The van der Waals surface area contributed by atoms with Gasteiger partial charge < -0.3 is 15.2 Å². The molecule has 2 aromatic carbocycles. The molecule has 1 saturated heterocycles. The van der Waals surface area contributed by atoms with Gasteiger partial charge in [0.1, 0.15) is 11.9 Å². The first-order chi connectivity index (χ1) is 16.0. The van der Waals surface area contributed by atoms with Gasteiger partial charge in [-0.3, -0.25) is 14.5 Å². The van der Waals surface area contributed by atoms with Gasteiger partial charge >= 0.3 is 6.03 Å². The van der Waals surface area contributed by atoms with E-state index in [4.69, 9.17) is 0 Å². The lowest BCUT2D eigenvalue weighted by Crippen LogP contribution is -2.39. The fraction of sp³-hybridized carbons (Fsp3) is 0.320. The van der Waals surface area contributed by atoms with Crippen molar-refractivity contribution in [1.82, 2.24) is 20.1 Å². The lowest BCUT2D eigenvalue weighted by atomic mass is 9.95. The van der Waals surface area contributed by atoms with Crippen molar-refractivity contribution in [2.24, 2.45) is 0 Å². The quantitative estimate of drug-likeness (QED) is 0.545. The lowest BCUT2D eigenvalue weighted by Gasteiger charge is -2.28. The molecule has 33 heavy (non-hydrogen) atoms. The molecular formula is C25H25FN4O3. The maximum absolute atomic E-state index is 13.5. The van der Waals surface area contributed by atoms with Gasteiger partial charge in [0.2, 0.25) is 5.91 Å². The van der Waals surface area contributed by atoms with Crippen molar-refractivity contribution in [2.45, 2.75) is 38.3 Å². The minimum atomic E-state index is -0.442. The number of H-pyrrole nitrogens is 1. The number of carbonyl (C=O) groups is 3. The fourth-order valence-corrected chi connectivity index (χ4v) is 4.76. The Bertz CT molecular complexity index is 1190. The summed E-state index contributed by atoms with van der Waals surface area (Å²) in [6.45, 7) is 1.11. The number of urea groups is 1. The number of hydrogen-bond donors (Lipinski definition) is 2. The van der Waals surface area contributed by atoms with Crippen LogP contribution in [0, 0.1) is 5.82 Å². The summed E-state index contributed by atoms with van der Waals surface area (Å²) in [4.78, 5) is 43.8. The van der Waals surface area contributed by atoms with Crippen LogP contribution in [-0.4, -0.2) is 51.8 Å². The number of amides is 4. The Balaban J connectivity index is 1.09. The van der Waals surface area contributed by atoms with Crippen molar-refractivity contribution in [1.29, 1.82) is 0 Å². The molecule has 8 heteroatoms. The van der Waals surface area contributed by atoms with Crippen LogP contribution in [0.5, 0.6) is 0 Å². The average molecular weight is 448 g/mol. The van der Waals surface area contributed by atoms with Crippen LogP contribution in [-0.2, 0) is 29.0 Å². The fourth-order valence-electron chi connectivity index (χ4n) is 4.76. The monoisotopic (exact) mass is 448 g/mol. The standard InChI is InChI=1S/C25H25FN4O3/c26-19-7-8-21-20(13-19)17(14-28-21)9-10-27-23(31)6-3-11-29-24(32)22-12-16-4-1-2-5-18(16)15-30(22)25(29)33/h1-2,4-5,7-8,13-14,22,28H,3,6,9-12,15H2,(H,27,31). The summed E-state index contributed by atoms with van der Waals surface area (Å²) in [6, 6.07) is 11.8. The minimum absolute atomic E-state index is 0.134. The summed E-state index contributed by atoms with van der Waals surface area (Å²) in [7, 11) is 0. The van der Waals surface area contributed by atoms with Crippen LogP contribution in [0.25, 0.3) is 10.9 Å². The Kier molecular flexibility index (Phi) is 5.58. The molecule has 2 aliphatic rings. The molecule has 1 fully saturated rings. The summed E-state index contributed by atoms with van der Waals surface area (Å²) >= 11 is 0. The number of imide groups is 1. The molecule has 1 atom stereocenters. The molecule has 0 saturated carbocycles. The van der Waals surface area contributed by atoms with Crippen LogP contribution in [0.2, 0.25) is 0 Å². The van der Waals surface area contributed by atoms with E-state index in [-0.39, 0.29) is 36.6 Å². The van der Waals surface area contributed by atoms with Crippen molar-refractivity contribution in [3.63, 3.8) is 0 Å². The SMILES string of the molecule is O=C(CCCN1C(=O)C2Cc3ccccc3CN2C1=O)NCCc1c[nH]c2ccc(F)cc12. The molecule has 170 valence electrons. The molecule has 2 N–H and O–H groups in total. The highest BCUT2D eigenvalue weighted by atomic mass is 19.1. The van der Waals surface area contributed by atoms with Gasteiger partial charge in [0.25, 0.3) is 5.91 Å². The number of fused-ring (bicyclic) bond motifs is 3. The molecule has 3 aromatic rings. The Labute approximate surface area is 190 Å². The van der Waals surface area contributed by atoms with Crippen molar-refractivity contribution >= 4 is 28.7 Å². The van der Waals surface area contributed by atoms with E-state index < -0.39 is 6.04 Å². The zero-order chi connectivity index (χ0) is 22.9. The number of carbonyl (C=O) groups excluding carboxylic acids is 3. The smallest absolute Gasteiger partial charge is 0.327 e. The van der Waals surface area contributed by atoms with Crippen LogP contribution in [0.15, 0.2) is 48.7 Å². The first kappa shape index (κ1) is 21.2. The maximum atomic E-state index is 13.5. The van der Waals surface area contributed by atoms with Gasteiger partial charge in [-0.2, -0.15) is 0 Å². The molecule has 1 unspecified atom stereocenters. The second kappa shape index (κ2) is 8.69. The first-order valence-corrected chi connectivity index (χ1v) is 11.2. The Morgan fingerprint density at radius 3 is 2.82 bits per heavy atom. The van der Waals surface area contributed by atoms with Gasteiger partial charge in [0, 0.05) is 49.6 Å². The van der Waals surface area contributed by atoms with Crippen LogP contribution < -0.4 is 5.32 Å². The van der Waals surface area contributed by atoms with Gasteiger partial charge in [-0.15, -0.1) is 0 Å². The third-order valence-electron chi connectivity index (χ3n) is 6.51. The molecule has 0 spiro atoms. The number of benzene rings is 2. The minimum Gasteiger partial charge on any atom is -0.361 e. The van der Waals surface area contributed by atoms with Crippen LogP contribution in [0.4, 0.5) is 9.18 Å². The number of aromatic amines is 1. The number of nitrogens with one attached hydrogen (secondary N) is 2. The molecule has 0 radical (unpaired) electrons. The maximum Gasteiger partial charge on any atom is 0.327 e. The van der Waals surface area contributed by atoms with Gasteiger partial charge in [0.05, 0.1) is 0 Å². The highest BCUT2D eigenvalue weighted by molar-refractivity contribution is 6.04. The van der Waals surface area contributed by atoms with Crippen molar-refractivity contribution in [2.75, 3.05) is 13.1 Å². The average Bonchev–Trinajstić information content (AvgIpc) is 3.31. The van der Waals surface area contributed by atoms with Crippen molar-refractivity contribution < 1.29 is 18.8 Å². The normalized spacial score (nSPS) is 17.4. The molecule has 4 amide bonds. The van der Waals surface area contributed by atoms with E-state index in [9.17, 15) is 18.8 Å². The summed E-state index contributed by atoms with van der Waals surface area (Å²) in [5.41, 5.74) is 3.99. The highest BCUT2D eigenvalue weighted by Gasteiger charge is 2.46. The van der Waals surface area contributed by atoms with E-state index in [1.807, 2.05) is 30.5 Å². The third-order valence-corrected chi connectivity index (χ3v) is 6.51. The van der Waals surface area contributed by atoms with Crippen LogP contribution in [0.1, 0.15) is 29.5 Å². The Morgan fingerprint density at radius 2 is 1.97 bits per heavy atom. The van der Waals surface area contributed by atoms with E-state index in [1.165, 1.54) is 17.0 Å². The number of hydrogen-bond acceptors (Lipinski definition) is 3.